The first-order chi connectivity index (χ1) is 7.30. The smallest absolute Gasteiger partial charge is 0.368 e. The van der Waals surface area contributed by atoms with E-state index in [4.69, 9.17) is 0 Å². The molecule has 0 aliphatic rings. The third kappa shape index (κ3) is 2.27. The Morgan fingerprint density at radius 1 is 0.938 bits per heavy atom. The Labute approximate surface area is 95.1 Å². The maximum atomic E-state index is 12.1. The van der Waals surface area contributed by atoms with Gasteiger partial charge < -0.3 is 23.2 Å². The largest absolute Gasteiger partial charge is 0.374 e. The van der Waals surface area contributed by atoms with Crippen molar-refractivity contribution in [3.63, 3.8) is 0 Å². The van der Waals surface area contributed by atoms with Gasteiger partial charge in [0.2, 0.25) is 0 Å². The minimum atomic E-state index is -4.02. The summed E-state index contributed by atoms with van der Waals surface area (Å²) in [7, 11) is -3.70. The van der Waals surface area contributed by atoms with Crippen molar-refractivity contribution in [3.05, 3.63) is 0 Å². The molecule has 9 heteroatoms. The van der Waals surface area contributed by atoms with Crippen molar-refractivity contribution >= 4 is 15.2 Å². The molecule has 0 aromatic heterocycles. The van der Waals surface area contributed by atoms with E-state index in [0.717, 1.165) is 28.4 Å². The van der Waals surface area contributed by atoms with Crippen LogP contribution in [0.25, 0.3) is 0 Å². The molecule has 16 heavy (non-hydrogen) atoms. The molecule has 0 aliphatic heterocycles. The SMILES string of the molecule is CCC(O)(P(=O)(OC)OC)P(=O)(OC)OC. The monoisotopic (exact) mass is 276 g/mol. The molecule has 0 heterocycles. The van der Waals surface area contributed by atoms with Crippen LogP contribution in [0.15, 0.2) is 0 Å². The van der Waals surface area contributed by atoms with E-state index >= 15 is 0 Å². The summed E-state index contributed by atoms with van der Waals surface area (Å²) in [5.41, 5.74) is 0. The van der Waals surface area contributed by atoms with Crippen molar-refractivity contribution in [2.45, 2.75) is 18.4 Å². The van der Waals surface area contributed by atoms with Gasteiger partial charge in [-0.15, -0.1) is 0 Å². The molecule has 0 bridgehead atoms. The molecule has 0 aromatic rings. The second-order valence-corrected chi connectivity index (χ2v) is 8.14. The molecular weight excluding hydrogens is 258 g/mol. The van der Waals surface area contributed by atoms with E-state index in [0.29, 0.717) is 0 Å². The van der Waals surface area contributed by atoms with Gasteiger partial charge in [0.1, 0.15) is 0 Å². The minimum absolute atomic E-state index is 0.176. The Balaban J connectivity index is 5.69. The first-order valence-corrected chi connectivity index (χ1v) is 7.55. The zero-order valence-electron chi connectivity index (χ0n) is 10.00. The Kier molecular flexibility index (Phi) is 5.83. The van der Waals surface area contributed by atoms with E-state index < -0.39 is 20.3 Å². The molecule has 0 spiro atoms. The van der Waals surface area contributed by atoms with E-state index in [-0.39, 0.29) is 6.42 Å². The molecule has 0 rings (SSSR count). The van der Waals surface area contributed by atoms with E-state index in [9.17, 15) is 14.2 Å². The van der Waals surface area contributed by atoms with Gasteiger partial charge in [-0.3, -0.25) is 9.13 Å². The van der Waals surface area contributed by atoms with Gasteiger partial charge in [-0.2, -0.15) is 0 Å². The third-order valence-electron chi connectivity index (χ3n) is 2.31. The van der Waals surface area contributed by atoms with Crippen LogP contribution in [0.2, 0.25) is 0 Å². The van der Waals surface area contributed by atoms with Crippen molar-refractivity contribution in [2.75, 3.05) is 28.4 Å². The zero-order chi connectivity index (χ0) is 13.0. The van der Waals surface area contributed by atoms with Crippen LogP contribution in [0.4, 0.5) is 0 Å². The summed E-state index contributed by atoms with van der Waals surface area (Å²) in [4.78, 5) is 0. The fourth-order valence-electron chi connectivity index (χ4n) is 1.27. The Morgan fingerprint density at radius 3 is 1.31 bits per heavy atom. The molecule has 0 amide bonds. The van der Waals surface area contributed by atoms with Crippen LogP contribution in [0.1, 0.15) is 13.3 Å². The van der Waals surface area contributed by atoms with Gasteiger partial charge in [-0.1, -0.05) is 6.92 Å². The lowest BCUT2D eigenvalue weighted by atomic mass is 10.5. The number of hydrogen-bond donors (Lipinski definition) is 1. The highest BCUT2D eigenvalue weighted by molar-refractivity contribution is 7.73. The number of aliphatic hydroxyl groups is 1. The highest BCUT2D eigenvalue weighted by Gasteiger charge is 2.62. The van der Waals surface area contributed by atoms with Crippen LogP contribution in [0.3, 0.4) is 0 Å². The van der Waals surface area contributed by atoms with Crippen LogP contribution in [-0.4, -0.2) is 38.6 Å². The Hall–Kier alpha value is 0.260. The van der Waals surface area contributed by atoms with E-state index in [2.05, 4.69) is 18.1 Å². The standard InChI is InChI=1S/C7H18O7P2/c1-6-7(8,15(9,11-2)12-3)16(10,13-4)14-5/h8H,6H2,1-5H3. The molecule has 0 aliphatic carbocycles. The van der Waals surface area contributed by atoms with Crippen molar-refractivity contribution < 1.29 is 32.3 Å². The normalized spacial score (nSPS) is 14.1. The summed E-state index contributed by atoms with van der Waals surface area (Å²) in [6.07, 6.45) is -0.176. The molecule has 0 fully saturated rings. The van der Waals surface area contributed by atoms with Gasteiger partial charge in [0.15, 0.2) is 0 Å². The van der Waals surface area contributed by atoms with Gasteiger partial charge in [0.05, 0.1) is 0 Å². The summed E-state index contributed by atoms with van der Waals surface area (Å²) in [5.74, 6) is 0. The molecule has 0 radical (unpaired) electrons. The zero-order valence-corrected chi connectivity index (χ0v) is 11.8. The highest BCUT2D eigenvalue weighted by Crippen LogP contribution is 2.76. The predicted octanol–water partition coefficient (Wildman–Crippen LogP) is 2.01. The highest BCUT2D eigenvalue weighted by atomic mass is 31.2. The van der Waals surface area contributed by atoms with E-state index in [1.165, 1.54) is 6.92 Å². The quantitative estimate of drug-likeness (QED) is 0.711. The molecule has 0 saturated heterocycles. The lowest BCUT2D eigenvalue weighted by molar-refractivity contribution is 0.101. The van der Waals surface area contributed by atoms with Gasteiger partial charge in [0.25, 0.3) is 5.08 Å². The van der Waals surface area contributed by atoms with Gasteiger partial charge in [-0.05, 0) is 6.42 Å². The topological polar surface area (TPSA) is 91.3 Å². The summed E-state index contributed by atoms with van der Waals surface area (Å²) in [6, 6.07) is 0. The average Bonchev–Trinajstić information content (AvgIpc) is 2.35. The number of hydrogen-bond acceptors (Lipinski definition) is 7. The molecule has 1 N–H and O–H groups in total. The molecular formula is C7H18O7P2. The second kappa shape index (κ2) is 5.74. The summed E-state index contributed by atoms with van der Waals surface area (Å²) in [5, 5.41) is 7.91. The van der Waals surface area contributed by atoms with Crippen LogP contribution in [-0.2, 0) is 27.2 Å². The fourth-order valence-corrected chi connectivity index (χ4v) is 5.69. The van der Waals surface area contributed by atoms with Crippen LogP contribution in [0, 0.1) is 0 Å². The second-order valence-electron chi connectivity index (χ2n) is 2.85. The molecule has 98 valence electrons. The maximum absolute atomic E-state index is 12.1. The van der Waals surface area contributed by atoms with E-state index in [1.807, 2.05) is 0 Å². The molecule has 0 saturated carbocycles. The van der Waals surface area contributed by atoms with Gasteiger partial charge in [-0.25, -0.2) is 0 Å². The number of rotatable bonds is 7. The lowest BCUT2D eigenvalue weighted by Gasteiger charge is -2.35. The van der Waals surface area contributed by atoms with Crippen LogP contribution < -0.4 is 0 Å². The van der Waals surface area contributed by atoms with Crippen LogP contribution in [0.5, 0.6) is 0 Å². The minimum Gasteiger partial charge on any atom is -0.368 e. The molecule has 0 unspecified atom stereocenters. The first-order valence-electron chi connectivity index (χ1n) is 4.46. The fraction of sp³-hybridized carbons (Fsp3) is 1.00. The summed E-state index contributed by atoms with van der Waals surface area (Å²) in [6.45, 7) is 1.47. The lowest BCUT2D eigenvalue weighted by Crippen LogP contribution is -2.30. The summed E-state index contributed by atoms with van der Waals surface area (Å²) < 4.78 is 42.9. The maximum Gasteiger partial charge on any atom is 0.374 e. The van der Waals surface area contributed by atoms with E-state index in [1.54, 1.807) is 0 Å². The van der Waals surface area contributed by atoms with Crippen molar-refractivity contribution in [1.82, 2.24) is 0 Å². The molecule has 7 nitrogen and oxygen atoms in total. The first kappa shape index (κ1) is 16.3. The Bertz CT molecular complexity index is 274. The van der Waals surface area contributed by atoms with Crippen molar-refractivity contribution in [1.29, 1.82) is 0 Å². The predicted molar refractivity (Wildman–Crippen MR) is 58.5 cm³/mol. The van der Waals surface area contributed by atoms with Crippen LogP contribution >= 0.6 is 15.2 Å². The molecule has 0 aromatic carbocycles. The van der Waals surface area contributed by atoms with Gasteiger partial charge >= 0.3 is 15.2 Å². The summed E-state index contributed by atoms with van der Waals surface area (Å²) >= 11 is 0. The van der Waals surface area contributed by atoms with Crippen molar-refractivity contribution in [2.24, 2.45) is 0 Å². The molecule has 0 atom stereocenters. The Morgan fingerprint density at radius 2 is 1.19 bits per heavy atom. The van der Waals surface area contributed by atoms with Crippen molar-refractivity contribution in [3.8, 4) is 0 Å². The third-order valence-corrected chi connectivity index (χ3v) is 8.09. The average molecular weight is 276 g/mol. The van der Waals surface area contributed by atoms with Gasteiger partial charge in [0, 0.05) is 28.4 Å².